The van der Waals surface area contributed by atoms with Crippen LogP contribution in [0.2, 0.25) is 0 Å². The van der Waals surface area contributed by atoms with Gasteiger partial charge in [-0.25, -0.2) is 8.78 Å². The number of nitrogens with one attached hydrogen (secondary N) is 1. The summed E-state index contributed by atoms with van der Waals surface area (Å²) in [6, 6.07) is 6.35. The zero-order valence-electron chi connectivity index (χ0n) is 8.32. The molecule has 0 aliphatic carbocycles. The van der Waals surface area contributed by atoms with E-state index in [9.17, 15) is 8.78 Å². The van der Waals surface area contributed by atoms with Crippen molar-refractivity contribution >= 4 is 11.4 Å². The number of benzene rings is 1. The highest BCUT2D eigenvalue weighted by Gasteiger charge is 2.16. The van der Waals surface area contributed by atoms with Crippen molar-refractivity contribution in [2.75, 3.05) is 17.6 Å². The van der Waals surface area contributed by atoms with E-state index >= 15 is 0 Å². The van der Waals surface area contributed by atoms with Crippen LogP contribution in [0.4, 0.5) is 20.2 Å². The molecular formula is C10H11F2N3O. The molecule has 1 atom stereocenters. The van der Waals surface area contributed by atoms with Gasteiger partial charge < -0.3 is 16.2 Å². The van der Waals surface area contributed by atoms with Gasteiger partial charge >= 0.3 is 0 Å². The Kier molecular flexibility index (Phi) is 4.03. The normalized spacial score (nSPS) is 12.2. The maximum Gasteiger partial charge on any atom is 0.265 e. The summed E-state index contributed by atoms with van der Waals surface area (Å²) < 4.78 is 24.0. The van der Waals surface area contributed by atoms with Gasteiger partial charge in [0.2, 0.25) is 0 Å². The minimum atomic E-state index is -2.81. The zero-order valence-corrected chi connectivity index (χ0v) is 8.32. The Labute approximate surface area is 91.3 Å². The topological polar surface area (TPSA) is 82.1 Å². The van der Waals surface area contributed by atoms with Crippen molar-refractivity contribution in [1.82, 2.24) is 0 Å². The minimum absolute atomic E-state index is 0.323. The molecule has 0 heterocycles. The van der Waals surface area contributed by atoms with E-state index in [0.29, 0.717) is 16.9 Å². The Morgan fingerprint density at radius 2 is 2.19 bits per heavy atom. The van der Waals surface area contributed by atoms with Gasteiger partial charge in [-0.15, -0.1) is 0 Å². The van der Waals surface area contributed by atoms with Crippen LogP contribution in [0.5, 0.6) is 0 Å². The summed E-state index contributed by atoms with van der Waals surface area (Å²) in [5.41, 5.74) is 6.62. The fourth-order valence-corrected chi connectivity index (χ4v) is 1.08. The van der Waals surface area contributed by atoms with Crippen molar-refractivity contribution in [2.45, 2.75) is 12.5 Å². The van der Waals surface area contributed by atoms with Crippen LogP contribution >= 0.6 is 0 Å². The summed E-state index contributed by atoms with van der Waals surface area (Å²) in [4.78, 5) is 0. The van der Waals surface area contributed by atoms with Crippen LogP contribution in [0.25, 0.3) is 0 Å². The van der Waals surface area contributed by atoms with Gasteiger partial charge in [0.25, 0.3) is 6.43 Å². The molecule has 0 spiro atoms. The molecule has 0 amide bonds. The lowest BCUT2D eigenvalue weighted by Gasteiger charge is -2.13. The predicted octanol–water partition coefficient (Wildman–Crippen LogP) is 1.18. The van der Waals surface area contributed by atoms with Gasteiger partial charge in [0, 0.05) is 6.54 Å². The van der Waals surface area contributed by atoms with Crippen molar-refractivity contribution in [3.8, 4) is 6.07 Å². The second-order valence-corrected chi connectivity index (χ2v) is 3.20. The number of nitrogens with two attached hydrogens (primary N) is 1. The number of hydrogen-bond donors (Lipinski definition) is 3. The van der Waals surface area contributed by atoms with E-state index in [1.54, 1.807) is 0 Å². The molecule has 0 aromatic heterocycles. The van der Waals surface area contributed by atoms with Gasteiger partial charge in [-0.1, -0.05) is 0 Å². The molecule has 0 fully saturated rings. The first kappa shape index (κ1) is 12.2. The Morgan fingerprint density at radius 3 is 2.75 bits per heavy atom. The summed E-state index contributed by atoms with van der Waals surface area (Å²) in [7, 11) is 0. The summed E-state index contributed by atoms with van der Waals surface area (Å²) in [5.74, 6) is 0. The van der Waals surface area contributed by atoms with Crippen molar-refractivity contribution in [3.05, 3.63) is 23.8 Å². The standard InChI is InChI=1S/C10H11F2N3O/c11-10(12)9(16)5-15-8-3-6(4-13)1-2-7(8)14/h1-3,9-10,15-16H,5,14H2. The third kappa shape index (κ3) is 3.07. The Hall–Kier alpha value is -1.87. The van der Waals surface area contributed by atoms with Gasteiger partial charge in [-0.05, 0) is 18.2 Å². The molecule has 4 nitrogen and oxygen atoms in total. The Bertz CT molecular complexity index is 404. The van der Waals surface area contributed by atoms with Crippen LogP contribution < -0.4 is 11.1 Å². The number of aliphatic hydroxyl groups is 1. The molecule has 1 aromatic rings. The minimum Gasteiger partial charge on any atom is -0.397 e. The van der Waals surface area contributed by atoms with Crippen LogP contribution in [-0.4, -0.2) is 24.2 Å². The van der Waals surface area contributed by atoms with Crippen LogP contribution in [0.15, 0.2) is 18.2 Å². The number of rotatable bonds is 4. The third-order valence-electron chi connectivity index (χ3n) is 1.97. The monoisotopic (exact) mass is 227 g/mol. The van der Waals surface area contributed by atoms with Crippen LogP contribution in [0.1, 0.15) is 5.56 Å². The van der Waals surface area contributed by atoms with E-state index in [1.165, 1.54) is 18.2 Å². The first-order valence-corrected chi connectivity index (χ1v) is 4.54. The van der Waals surface area contributed by atoms with Gasteiger partial charge in [0.1, 0.15) is 6.10 Å². The summed E-state index contributed by atoms with van der Waals surface area (Å²) >= 11 is 0. The van der Waals surface area contributed by atoms with Gasteiger partial charge in [0.05, 0.1) is 23.0 Å². The quantitative estimate of drug-likeness (QED) is 0.674. The molecule has 86 valence electrons. The van der Waals surface area contributed by atoms with Crippen molar-refractivity contribution in [3.63, 3.8) is 0 Å². The number of hydrogen-bond acceptors (Lipinski definition) is 4. The molecule has 16 heavy (non-hydrogen) atoms. The van der Waals surface area contributed by atoms with E-state index in [-0.39, 0.29) is 6.54 Å². The van der Waals surface area contributed by atoms with E-state index in [2.05, 4.69) is 5.32 Å². The van der Waals surface area contributed by atoms with E-state index < -0.39 is 12.5 Å². The lowest BCUT2D eigenvalue weighted by molar-refractivity contribution is 0.00385. The number of halogens is 2. The molecule has 4 N–H and O–H groups in total. The summed E-state index contributed by atoms with van der Waals surface area (Å²) in [6.45, 7) is -0.323. The van der Waals surface area contributed by atoms with Crippen LogP contribution in [0, 0.1) is 11.3 Å². The molecule has 6 heteroatoms. The van der Waals surface area contributed by atoms with Crippen LogP contribution in [0.3, 0.4) is 0 Å². The molecule has 1 unspecified atom stereocenters. The molecule has 0 aliphatic rings. The van der Waals surface area contributed by atoms with Gasteiger partial charge in [-0.2, -0.15) is 5.26 Å². The predicted molar refractivity (Wildman–Crippen MR) is 56.1 cm³/mol. The number of anilines is 2. The smallest absolute Gasteiger partial charge is 0.265 e. The number of nitrogen functional groups attached to an aromatic ring is 1. The molecule has 0 aliphatic heterocycles. The van der Waals surface area contributed by atoms with Gasteiger partial charge in [0.15, 0.2) is 0 Å². The highest BCUT2D eigenvalue weighted by molar-refractivity contribution is 5.68. The van der Waals surface area contributed by atoms with E-state index in [1.807, 2.05) is 6.07 Å². The largest absolute Gasteiger partial charge is 0.397 e. The molecule has 1 rings (SSSR count). The number of nitriles is 1. The van der Waals surface area contributed by atoms with Gasteiger partial charge in [-0.3, -0.25) is 0 Å². The average Bonchev–Trinajstić information content (AvgIpc) is 2.27. The van der Waals surface area contributed by atoms with Crippen molar-refractivity contribution in [1.29, 1.82) is 5.26 Å². The van der Waals surface area contributed by atoms with E-state index in [4.69, 9.17) is 16.1 Å². The number of aliphatic hydroxyl groups excluding tert-OH is 1. The number of nitrogens with zero attached hydrogens (tertiary/aromatic N) is 1. The molecular weight excluding hydrogens is 216 g/mol. The first-order chi connectivity index (χ1) is 7.54. The highest BCUT2D eigenvalue weighted by atomic mass is 19.3. The van der Waals surface area contributed by atoms with E-state index in [0.717, 1.165) is 0 Å². The molecule has 0 radical (unpaired) electrons. The fourth-order valence-electron chi connectivity index (χ4n) is 1.08. The molecule has 1 aromatic carbocycles. The average molecular weight is 227 g/mol. The number of alkyl halides is 2. The highest BCUT2D eigenvalue weighted by Crippen LogP contribution is 2.19. The molecule has 0 saturated heterocycles. The Balaban J connectivity index is 2.70. The maximum absolute atomic E-state index is 12.0. The fraction of sp³-hybridized carbons (Fsp3) is 0.300. The maximum atomic E-state index is 12.0. The van der Waals surface area contributed by atoms with Crippen molar-refractivity contribution < 1.29 is 13.9 Å². The second-order valence-electron chi connectivity index (χ2n) is 3.20. The van der Waals surface area contributed by atoms with Crippen molar-refractivity contribution in [2.24, 2.45) is 0 Å². The summed E-state index contributed by atoms with van der Waals surface area (Å²) in [6.07, 6.45) is -4.57. The SMILES string of the molecule is N#Cc1ccc(N)c(NCC(O)C(F)F)c1. The first-order valence-electron chi connectivity index (χ1n) is 4.54. The second kappa shape index (κ2) is 5.28. The molecule has 0 bridgehead atoms. The van der Waals surface area contributed by atoms with Crippen LogP contribution in [-0.2, 0) is 0 Å². The Morgan fingerprint density at radius 1 is 1.50 bits per heavy atom. The lowest BCUT2D eigenvalue weighted by Crippen LogP contribution is -2.27. The summed E-state index contributed by atoms with van der Waals surface area (Å²) in [5, 5.41) is 20.1. The third-order valence-corrected chi connectivity index (χ3v) is 1.97. The zero-order chi connectivity index (χ0) is 12.1. The molecule has 0 saturated carbocycles. The lowest BCUT2D eigenvalue weighted by atomic mass is 10.2.